The van der Waals surface area contributed by atoms with E-state index in [9.17, 15) is 14.0 Å². The van der Waals surface area contributed by atoms with Crippen molar-refractivity contribution in [2.45, 2.75) is 60.0 Å². The van der Waals surface area contributed by atoms with Gasteiger partial charge in [0.25, 0.3) is 0 Å². The molecule has 2 amide bonds. The molecule has 0 heterocycles. The fourth-order valence-electron chi connectivity index (χ4n) is 3.18. The number of nitrogens with two attached hydrogens (primary N) is 1. The van der Waals surface area contributed by atoms with E-state index in [2.05, 4.69) is 10.6 Å². The average Bonchev–Trinajstić information content (AvgIpc) is 2.64. The first-order valence-electron chi connectivity index (χ1n) is 10.3. The maximum absolute atomic E-state index is 14.8. The lowest BCUT2D eigenvalue weighted by Gasteiger charge is -2.22. The molecule has 0 saturated heterocycles. The fraction of sp³-hybridized carbons (Fsp3) is 0.360. The molecule has 0 atom stereocenters. The molecule has 2 aromatic carbocycles. The van der Waals surface area contributed by atoms with Crippen LogP contribution in [0.3, 0.4) is 0 Å². The molecule has 5 nitrogen and oxygen atoms in total. The number of primary amides is 1. The summed E-state index contributed by atoms with van der Waals surface area (Å²) in [5.74, 6) is -1.27. The summed E-state index contributed by atoms with van der Waals surface area (Å²) in [5.41, 5.74) is 9.36. The number of nitrogens with one attached hydrogen (secondary N) is 2. The summed E-state index contributed by atoms with van der Waals surface area (Å²) >= 11 is 0. The highest BCUT2D eigenvalue weighted by atomic mass is 19.1. The molecule has 31 heavy (non-hydrogen) atoms. The summed E-state index contributed by atoms with van der Waals surface area (Å²) in [5, 5.41) is 5.84. The summed E-state index contributed by atoms with van der Waals surface area (Å²) in [6.45, 7) is 12.6. The van der Waals surface area contributed by atoms with Crippen LogP contribution in [-0.2, 0) is 9.59 Å². The van der Waals surface area contributed by atoms with Crippen molar-refractivity contribution in [1.82, 2.24) is 5.32 Å². The summed E-state index contributed by atoms with van der Waals surface area (Å²) in [6, 6.07) is 9.23. The Kier molecular flexibility index (Phi) is 7.26. The van der Waals surface area contributed by atoms with Crippen LogP contribution < -0.4 is 16.4 Å². The van der Waals surface area contributed by atoms with E-state index in [4.69, 9.17) is 5.73 Å². The molecule has 0 unspecified atom stereocenters. The van der Waals surface area contributed by atoms with Crippen LogP contribution >= 0.6 is 0 Å². The van der Waals surface area contributed by atoms with Crippen LogP contribution in [0.5, 0.6) is 0 Å². The van der Waals surface area contributed by atoms with E-state index < -0.39 is 11.4 Å². The summed E-state index contributed by atoms with van der Waals surface area (Å²) < 4.78 is 14.8. The first-order chi connectivity index (χ1) is 14.3. The molecule has 0 fully saturated rings. The molecule has 2 aromatic rings. The molecule has 0 aliphatic rings. The first-order valence-corrected chi connectivity index (χ1v) is 10.3. The highest BCUT2D eigenvalue weighted by Gasteiger charge is 2.27. The van der Waals surface area contributed by atoms with Gasteiger partial charge in [-0.1, -0.05) is 12.1 Å². The third-order valence-electron chi connectivity index (χ3n) is 5.10. The zero-order chi connectivity index (χ0) is 23.5. The summed E-state index contributed by atoms with van der Waals surface area (Å²) in [7, 11) is 0. The van der Waals surface area contributed by atoms with E-state index in [0.717, 1.165) is 27.9 Å². The molecule has 4 N–H and O–H groups in total. The van der Waals surface area contributed by atoms with Crippen LogP contribution in [-0.4, -0.2) is 23.4 Å². The van der Waals surface area contributed by atoms with Crippen molar-refractivity contribution in [1.29, 1.82) is 0 Å². The van der Waals surface area contributed by atoms with Crippen LogP contribution in [0.15, 0.2) is 35.9 Å². The quantitative estimate of drug-likeness (QED) is 0.562. The van der Waals surface area contributed by atoms with E-state index in [1.165, 1.54) is 6.07 Å². The lowest BCUT2D eigenvalue weighted by Crippen LogP contribution is -2.53. The maximum Gasteiger partial charge on any atom is 0.247 e. The normalized spacial score (nSPS) is 12.1. The van der Waals surface area contributed by atoms with Crippen molar-refractivity contribution in [3.63, 3.8) is 0 Å². The zero-order valence-corrected chi connectivity index (χ0v) is 19.3. The minimum absolute atomic E-state index is 0.217. The Morgan fingerprint density at radius 2 is 1.71 bits per heavy atom. The topological polar surface area (TPSA) is 84.2 Å². The van der Waals surface area contributed by atoms with Gasteiger partial charge in [-0.25, -0.2) is 4.39 Å². The number of benzene rings is 2. The third kappa shape index (κ3) is 5.94. The van der Waals surface area contributed by atoms with Gasteiger partial charge < -0.3 is 16.4 Å². The molecular formula is C25H32FN3O2. The van der Waals surface area contributed by atoms with Gasteiger partial charge in [0.2, 0.25) is 11.8 Å². The Morgan fingerprint density at radius 1 is 1.06 bits per heavy atom. The maximum atomic E-state index is 14.8. The standard InChI is InChI=1S/C25H32FN3O2/c1-14(2)28-19-8-9-20(22(26)13-19)21-12-15(3)18(10-16(21)4)11-17(5)23(30)29-25(6,7)24(27)31/h8-14,28H,1-7H3,(H2,27,31)(H,29,30)/b17-11+. The molecule has 6 heteroatoms. The van der Waals surface area contributed by atoms with Gasteiger partial charge in [0.1, 0.15) is 11.4 Å². The molecule has 0 saturated carbocycles. The largest absolute Gasteiger partial charge is 0.383 e. The SMILES string of the molecule is C/C(=C\c1cc(C)c(-c2ccc(NC(C)C)cc2F)cc1C)C(=O)NC(C)(C)C(N)=O. The minimum Gasteiger partial charge on any atom is -0.383 e. The molecule has 0 bridgehead atoms. The second-order valence-electron chi connectivity index (χ2n) is 8.79. The summed E-state index contributed by atoms with van der Waals surface area (Å²) in [6.07, 6.45) is 1.75. The highest BCUT2D eigenvalue weighted by molar-refractivity contribution is 6.00. The van der Waals surface area contributed by atoms with Gasteiger partial charge in [0, 0.05) is 22.9 Å². The first kappa shape index (κ1) is 24.1. The van der Waals surface area contributed by atoms with E-state index in [-0.39, 0.29) is 17.8 Å². The number of rotatable bonds is 7. The van der Waals surface area contributed by atoms with Crippen LogP contribution in [0, 0.1) is 19.7 Å². The van der Waals surface area contributed by atoms with E-state index in [1.807, 2.05) is 45.9 Å². The van der Waals surface area contributed by atoms with Crippen LogP contribution in [0.2, 0.25) is 0 Å². The predicted molar refractivity (Wildman–Crippen MR) is 125 cm³/mol. The molecular weight excluding hydrogens is 393 g/mol. The van der Waals surface area contributed by atoms with Gasteiger partial charge in [-0.2, -0.15) is 0 Å². The van der Waals surface area contributed by atoms with Crippen molar-refractivity contribution < 1.29 is 14.0 Å². The molecule has 166 valence electrons. The highest BCUT2D eigenvalue weighted by Crippen LogP contribution is 2.31. The number of carbonyl (C=O) groups is 2. The van der Waals surface area contributed by atoms with Crippen LogP contribution in [0.1, 0.15) is 51.3 Å². The Morgan fingerprint density at radius 3 is 2.26 bits per heavy atom. The molecule has 0 spiro atoms. The predicted octanol–water partition coefficient (Wildman–Crippen LogP) is 4.71. The molecule has 0 aliphatic heterocycles. The zero-order valence-electron chi connectivity index (χ0n) is 19.3. The number of carbonyl (C=O) groups excluding carboxylic acids is 2. The lowest BCUT2D eigenvalue weighted by atomic mass is 9.93. The number of aryl methyl sites for hydroxylation is 2. The van der Waals surface area contributed by atoms with E-state index >= 15 is 0 Å². The second kappa shape index (κ2) is 9.33. The van der Waals surface area contributed by atoms with Crippen molar-refractivity contribution in [3.8, 4) is 11.1 Å². The van der Waals surface area contributed by atoms with Crippen LogP contribution in [0.25, 0.3) is 17.2 Å². The number of halogens is 1. The van der Waals surface area contributed by atoms with Crippen molar-refractivity contribution >= 4 is 23.6 Å². The molecule has 0 aliphatic carbocycles. The average molecular weight is 426 g/mol. The number of hydrogen-bond acceptors (Lipinski definition) is 3. The molecule has 0 radical (unpaired) electrons. The Hall–Kier alpha value is -3.15. The smallest absolute Gasteiger partial charge is 0.247 e. The Balaban J connectivity index is 2.35. The van der Waals surface area contributed by atoms with Gasteiger partial charge in [-0.3, -0.25) is 9.59 Å². The lowest BCUT2D eigenvalue weighted by molar-refractivity contribution is -0.128. The monoisotopic (exact) mass is 425 g/mol. The number of anilines is 1. The van der Waals surface area contributed by atoms with Crippen LogP contribution in [0.4, 0.5) is 10.1 Å². The van der Waals surface area contributed by atoms with Crippen molar-refractivity contribution in [2.24, 2.45) is 5.73 Å². The minimum atomic E-state index is -1.14. The molecule has 0 aromatic heterocycles. The van der Waals surface area contributed by atoms with E-state index in [0.29, 0.717) is 11.1 Å². The van der Waals surface area contributed by atoms with Gasteiger partial charge in [0.15, 0.2) is 0 Å². The summed E-state index contributed by atoms with van der Waals surface area (Å²) in [4.78, 5) is 23.9. The van der Waals surface area contributed by atoms with Gasteiger partial charge >= 0.3 is 0 Å². The molecule has 2 rings (SSSR count). The number of amides is 2. The Labute approximate surface area is 183 Å². The van der Waals surface area contributed by atoms with E-state index in [1.54, 1.807) is 32.9 Å². The van der Waals surface area contributed by atoms with Gasteiger partial charge in [-0.15, -0.1) is 0 Å². The Bertz CT molecular complexity index is 1040. The number of hydrogen-bond donors (Lipinski definition) is 3. The fourth-order valence-corrected chi connectivity index (χ4v) is 3.18. The second-order valence-corrected chi connectivity index (χ2v) is 8.79. The van der Waals surface area contributed by atoms with Gasteiger partial charge in [-0.05, 0) is 95.0 Å². The van der Waals surface area contributed by atoms with Gasteiger partial charge in [0.05, 0.1) is 0 Å². The third-order valence-corrected chi connectivity index (χ3v) is 5.10. The van der Waals surface area contributed by atoms with Crippen molar-refractivity contribution in [2.75, 3.05) is 5.32 Å². The van der Waals surface area contributed by atoms with Crippen molar-refractivity contribution in [3.05, 3.63) is 58.4 Å².